The van der Waals surface area contributed by atoms with Crippen molar-refractivity contribution < 1.29 is 4.74 Å². The molecule has 2 heteroatoms. The van der Waals surface area contributed by atoms with Gasteiger partial charge in [0.05, 0.1) is 6.61 Å². The van der Waals surface area contributed by atoms with Crippen molar-refractivity contribution in [1.29, 1.82) is 0 Å². The van der Waals surface area contributed by atoms with Gasteiger partial charge in [0.2, 0.25) is 0 Å². The van der Waals surface area contributed by atoms with Crippen LogP contribution in [0.3, 0.4) is 0 Å². The quantitative estimate of drug-likeness (QED) is 0.566. The standard InChI is InChI=1S/C8H17NO/c9-5-7-10-6-1-2-8-3-4-8/h8H,1-7,9H2. The number of rotatable bonds is 6. The molecule has 1 saturated carbocycles. The summed E-state index contributed by atoms with van der Waals surface area (Å²) in [5.74, 6) is 1.04. The lowest BCUT2D eigenvalue weighted by atomic mass is 10.2. The van der Waals surface area contributed by atoms with E-state index in [0.717, 1.165) is 19.1 Å². The molecule has 2 N–H and O–H groups in total. The molecule has 0 atom stereocenters. The summed E-state index contributed by atoms with van der Waals surface area (Å²) in [4.78, 5) is 0. The van der Waals surface area contributed by atoms with Gasteiger partial charge in [0.1, 0.15) is 0 Å². The zero-order valence-corrected chi connectivity index (χ0v) is 6.51. The number of hydrogen-bond donors (Lipinski definition) is 1. The summed E-state index contributed by atoms with van der Waals surface area (Å²) >= 11 is 0. The number of hydrogen-bond acceptors (Lipinski definition) is 2. The Morgan fingerprint density at radius 1 is 1.30 bits per heavy atom. The van der Waals surface area contributed by atoms with Crippen LogP contribution in [0.25, 0.3) is 0 Å². The van der Waals surface area contributed by atoms with E-state index >= 15 is 0 Å². The second-order valence-corrected chi connectivity index (χ2v) is 2.99. The lowest BCUT2D eigenvalue weighted by molar-refractivity contribution is 0.136. The molecule has 0 aromatic carbocycles. The normalized spacial score (nSPS) is 17.7. The van der Waals surface area contributed by atoms with Crippen LogP contribution in [0.2, 0.25) is 0 Å². The van der Waals surface area contributed by atoms with Gasteiger partial charge in [-0.25, -0.2) is 0 Å². The Bertz CT molecular complexity index is 81.3. The molecule has 0 aromatic rings. The molecule has 1 aliphatic rings. The average molecular weight is 143 g/mol. The maximum atomic E-state index is 5.26. The van der Waals surface area contributed by atoms with E-state index in [4.69, 9.17) is 10.5 Å². The first-order valence-electron chi connectivity index (χ1n) is 4.21. The monoisotopic (exact) mass is 143 g/mol. The summed E-state index contributed by atoms with van der Waals surface area (Å²) in [5, 5.41) is 0. The predicted molar refractivity (Wildman–Crippen MR) is 41.8 cm³/mol. The molecular formula is C8H17NO. The molecule has 1 rings (SSSR count). The molecule has 0 bridgehead atoms. The van der Waals surface area contributed by atoms with Gasteiger partial charge in [-0.05, 0) is 18.8 Å². The maximum absolute atomic E-state index is 5.26. The van der Waals surface area contributed by atoms with Crippen LogP contribution in [0.5, 0.6) is 0 Å². The molecule has 1 fully saturated rings. The molecule has 1 aliphatic carbocycles. The molecule has 0 unspecified atom stereocenters. The van der Waals surface area contributed by atoms with Crippen molar-refractivity contribution in [3.63, 3.8) is 0 Å². The van der Waals surface area contributed by atoms with E-state index in [9.17, 15) is 0 Å². The Kier molecular flexibility index (Phi) is 3.76. The van der Waals surface area contributed by atoms with E-state index in [-0.39, 0.29) is 0 Å². The van der Waals surface area contributed by atoms with Gasteiger partial charge < -0.3 is 10.5 Å². The molecule has 10 heavy (non-hydrogen) atoms. The first kappa shape index (κ1) is 8.02. The highest BCUT2D eigenvalue weighted by molar-refractivity contribution is 4.72. The van der Waals surface area contributed by atoms with E-state index in [1.807, 2.05) is 0 Å². The lowest BCUT2D eigenvalue weighted by Crippen LogP contribution is -2.08. The third-order valence-electron chi connectivity index (χ3n) is 1.86. The molecule has 0 heterocycles. The van der Waals surface area contributed by atoms with Crippen molar-refractivity contribution in [3.8, 4) is 0 Å². The van der Waals surface area contributed by atoms with Crippen molar-refractivity contribution in [3.05, 3.63) is 0 Å². The van der Waals surface area contributed by atoms with Gasteiger partial charge in [-0.15, -0.1) is 0 Å². The molecule has 0 spiro atoms. The SMILES string of the molecule is NCCOCCCC1CC1. The van der Waals surface area contributed by atoms with Crippen molar-refractivity contribution in [2.24, 2.45) is 11.7 Å². The largest absolute Gasteiger partial charge is 0.380 e. The van der Waals surface area contributed by atoms with Gasteiger partial charge in [-0.2, -0.15) is 0 Å². The molecule has 0 saturated heterocycles. The highest BCUT2D eigenvalue weighted by atomic mass is 16.5. The predicted octanol–water partition coefficient (Wildman–Crippen LogP) is 1.15. The van der Waals surface area contributed by atoms with Crippen LogP contribution >= 0.6 is 0 Å². The van der Waals surface area contributed by atoms with E-state index in [1.54, 1.807) is 0 Å². The fraction of sp³-hybridized carbons (Fsp3) is 1.00. The van der Waals surface area contributed by atoms with Crippen LogP contribution in [-0.2, 0) is 4.74 Å². The fourth-order valence-electron chi connectivity index (χ4n) is 1.07. The van der Waals surface area contributed by atoms with Crippen LogP contribution in [0.1, 0.15) is 25.7 Å². The molecule has 0 aliphatic heterocycles. The minimum atomic E-state index is 0.656. The number of ether oxygens (including phenoxy) is 1. The maximum Gasteiger partial charge on any atom is 0.0588 e. The zero-order valence-electron chi connectivity index (χ0n) is 6.51. The summed E-state index contributed by atoms with van der Waals surface area (Å²) < 4.78 is 5.24. The summed E-state index contributed by atoms with van der Waals surface area (Å²) in [5.41, 5.74) is 5.26. The molecule has 0 amide bonds. The Morgan fingerprint density at radius 3 is 2.70 bits per heavy atom. The average Bonchev–Trinajstić information content (AvgIpc) is 2.71. The molecular weight excluding hydrogens is 126 g/mol. The minimum Gasteiger partial charge on any atom is -0.380 e. The third-order valence-corrected chi connectivity index (χ3v) is 1.86. The highest BCUT2D eigenvalue weighted by Crippen LogP contribution is 2.33. The van der Waals surface area contributed by atoms with E-state index in [1.165, 1.54) is 25.7 Å². The Labute approximate surface area is 62.7 Å². The molecule has 0 radical (unpaired) electrons. The van der Waals surface area contributed by atoms with Crippen LogP contribution in [-0.4, -0.2) is 19.8 Å². The Hall–Kier alpha value is -0.0800. The van der Waals surface area contributed by atoms with Gasteiger partial charge in [-0.1, -0.05) is 12.8 Å². The second-order valence-electron chi connectivity index (χ2n) is 2.99. The van der Waals surface area contributed by atoms with Crippen LogP contribution in [0, 0.1) is 5.92 Å². The van der Waals surface area contributed by atoms with Gasteiger partial charge in [0, 0.05) is 13.2 Å². The van der Waals surface area contributed by atoms with Crippen molar-refractivity contribution >= 4 is 0 Å². The second kappa shape index (κ2) is 4.69. The van der Waals surface area contributed by atoms with E-state index in [2.05, 4.69) is 0 Å². The van der Waals surface area contributed by atoms with Gasteiger partial charge in [0.15, 0.2) is 0 Å². The topological polar surface area (TPSA) is 35.2 Å². The first-order chi connectivity index (χ1) is 4.93. The summed E-state index contributed by atoms with van der Waals surface area (Å²) in [6, 6.07) is 0. The molecule has 0 aromatic heterocycles. The van der Waals surface area contributed by atoms with Crippen LogP contribution in [0.15, 0.2) is 0 Å². The summed E-state index contributed by atoms with van der Waals surface area (Å²) in [6.07, 6.45) is 5.50. The Balaban J connectivity index is 1.68. The summed E-state index contributed by atoms with van der Waals surface area (Å²) in [7, 11) is 0. The van der Waals surface area contributed by atoms with Gasteiger partial charge >= 0.3 is 0 Å². The zero-order chi connectivity index (χ0) is 7.23. The van der Waals surface area contributed by atoms with Crippen molar-refractivity contribution in [2.45, 2.75) is 25.7 Å². The third kappa shape index (κ3) is 3.85. The minimum absolute atomic E-state index is 0.656. The van der Waals surface area contributed by atoms with Gasteiger partial charge in [0.25, 0.3) is 0 Å². The van der Waals surface area contributed by atoms with E-state index in [0.29, 0.717) is 6.54 Å². The Morgan fingerprint density at radius 2 is 2.10 bits per heavy atom. The molecule has 2 nitrogen and oxygen atoms in total. The van der Waals surface area contributed by atoms with Crippen molar-refractivity contribution in [2.75, 3.05) is 19.8 Å². The smallest absolute Gasteiger partial charge is 0.0588 e. The highest BCUT2D eigenvalue weighted by Gasteiger charge is 2.19. The van der Waals surface area contributed by atoms with Crippen molar-refractivity contribution in [1.82, 2.24) is 0 Å². The number of nitrogens with two attached hydrogens (primary N) is 1. The first-order valence-corrected chi connectivity index (χ1v) is 4.21. The van der Waals surface area contributed by atoms with E-state index < -0.39 is 0 Å². The fourth-order valence-corrected chi connectivity index (χ4v) is 1.07. The van der Waals surface area contributed by atoms with Crippen LogP contribution < -0.4 is 5.73 Å². The van der Waals surface area contributed by atoms with Crippen LogP contribution in [0.4, 0.5) is 0 Å². The lowest BCUT2D eigenvalue weighted by Gasteiger charge is -2.00. The van der Waals surface area contributed by atoms with Gasteiger partial charge in [-0.3, -0.25) is 0 Å². The molecule has 60 valence electrons. The summed E-state index contributed by atoms with van der Waals surface area (Å²) in [6.45, 7) is 2.29.